The number of aromatic nitrogens is 4. The van der Waals surface area contributed by atoms with Gasteiger partial charge in [0.2, 0.25) is 5.82 Å². The van der Waals surface area contributed by atoms with Crippen LogP contribution in [0.5, 0.6) is 0 Å². The predicted molar refractivity (Wildman–Crippen MR) is 85.6 cm³/mol. The van der Waals surface area contributed by atoms with E-state index in [1.54, 1.807) is 18.6 Å². The molecule has 2 N–H and O–H groups in total. The van der Waals surface area contributed by atoms with Gasteiger partial charge in [-0.1, -0.05) is 5.16 Å². The number of nitrogens with zero attached hydrogens (tertiary/aromatic N) is 5. The fraction of sp³-hybridized carbons (Fsp3) is 0.250. The Kier molecular flexibility index (Phi) is 3.47. The zero-order chi connectivity index (χ0) is 15.6. The van der Waals surface area contributed by atoms with E-state index >= 15 is 0 Å². The average molecular weight is 308 g/mol. The van der Waals surface area contributed by atoms with Crippen LogP contribution in [-0.2, 0) is 0 Å². The highest BCUT2D eigenvalue weighted by atomic mass is 16.5. The zero-order valence-corrected chi connectivity index (χ0v) is 12.5. The molecule has 1 aliphatic heterocycles. The third-order valence-electron chi connectivity index (χ3n) is 3.91. The molecule has 0 spiro atoms. The first kappa shape index (κ1) is 13.8. The molecule has 0 radical (unpaired) electrons. The van der Waals surface area contributed by atoms with Crippen LogP contribution < -0.4 is 10.6 Å². The van der Waals surface area contributed by atoms with Crippen molar-refractivity contribution in [3.63, 3.8) is 0 Å². The smallest absolute Gasteiger partial charge is 0.261 e. The van der Waals surface area contributed by atoms with Gasteiger partial charge in [0, 0.05) is 43.3 Å². The largest absolute Gasteiger partial charge is 0.354 e. The van der Waals surface area contributed by atoms with Gasteiger partial charge in [-0.2, -0.15) is 4.98 Å². The Bertz CT molecular complexity index is 803. The van der Waals surface area contributed by atoms with Crippen molar-refractivity contribution in [3.05, 3.63) is 42.9 Å². The van der Waals surface area contributed by atoms with Crippen molar-refractivity contribution in [2.75, 3.05) is 18.0 Å². The van der Waals surface area contributed by atoms with E-state index in [1.807, 2.05) is 24.3 Å². The van der Waals surface area contributed by atoms with Gasteiger partial charge < -0.3 is 15.2 Å². The Balaban J connectivity index is 1.70. The molecule has 0 aromatic carbocycles. The molecule has 4 rings (SSSR count). The van der Waals surface area contributed by atoms with Crippen molar-refractivity contribution in [3.8, 4) is 22.8 Å². The summed E-state index contributed by atoms with van der Waals surface area (Å²) in [6, 6.07) is 7.68. The highest BCUT2D eigenvalue weighted by Crippen LogP contribution is 2.30. The maximum absolute atomic E-state index is 6.00. The summed E-state index contributed by atoms with van der Waals surface area (Å²) >= 11 is 0. The molecule has 1 atom stereocenters. The van der Waals surface area contributed by atoms with Crippen LogP contribution in [0.25, 0.3) is 22.8 Å². The standard InChI is InChI=1S/C16H16N6O/c17-12-5-9-22(10-12)15-13(2-1-6-19-15)16-20-14(21-23-16)11-3-7-18-8-4-11/h1-4,6-8,12H,5,9-10,17H2. The predicted octanol–water partition coefficient (Wildman–Crippen LogP) is 1.73. The molecule has 4 heterocycles. The summed E-state index contributed by atoms with van der Waals surface area (Å²) in [4.78, 5) is 15.1. The summed E-state index contributed by atoms with van der Waals surface area (Å²) in [5.41, 5.74) is 7.70. The molecule has 116 valence electrons. The van der Waals surface area contributed by atoms with E-state index in [-0.39, 0.29) is 6.04 Å². The molecule has 1 unspecified atom stereocenters. The molecule has 1 saturated heterocycles. The Morgan fingerprint density at radius 1 is 1.17 bits per heavy atom. The summed E-state index contributed by atoms with van der Waals surface area (Å²) < 4.78 is 5.45. The van der Waals surface area contributed by atoms with E-state index < -0.39 is 0 Å². The van der Waals surface area contributed by atoms with E-state index in [9.17, 15) is 0 Å². The highest BCUT2D eigenvalue weighted by Gasteiger charge is 2.24. The molecule has 23 heavy (non-hydrogen) atoms. The van der Waals surface area contributed by atoms with Crippen LogP contribution in [-0.4, -0.2) is 39.2 Å². The van der Waals surface area contributed by atoms with E-state index in [0.29, 0.717) is 11.7 Å². The lowest BCUT2D eigenvalue weighted by Gasteiger charge is -2.18. The molecular formula is C16H16N6O. The fourth-order valence-electron chi connectivity index (χ4n) is 2.75. The van der Waals surface area contributed by atoms with Crippen molar-refractivity contribution >= 4 is 5.82 Å². The van der Waals surface area contributed by atoms with Crippen LogP contribution in [0.2, 0.25) is 0 Å². The molecule has 0 aliphatic carbocycles. The molecule has 3 aromatic rings. The normalized spacial score (nSPS) is 17.6. The van der Waals surface area contributed by atoms with Crippen molar-refractivity contribution in [1.82, 2.24) is 20.1 Å². The third-order valence-corrected chi connectivity index (χ3v) is 3.91. The van der Waals surface area contributed by atoms with E-state index in [2.05, 4.69) is 25.0 Å². The quantitative estimate of drug-likeness (QED) is 0.787. The monoisotopic (exact) mass is 308 g/mol. The summed E-state index contributed by atoms with van der Waals surface area (Å²) in [5, 5.41) is 4.06. The third kappa shape index (κ3) is 2.66. The first-order valence-electron chi connectivity index (χ1n) is 7.51. The Morgan fingerprint density at radius 3 is 2.83 bits per heavy atom. The second kappa shape index (κ2) is 5.77. The van der Waals surface area contributed by atoms with E-state index in [0.717, 1.165) is 36.5 Å². The van der Waals surface area contributed by atoms with Crippen molar-refractivity contribution in [1.29, 1.82) is 0 Å². The molecule has 0 bridgehead atoms. The summed E-state index contributed by atoms with van der Waals surface area (Å²) in [6.45, 7) is 1.67. The first-order valence-corrected chi connectivity index (χ1v) is 7.51. The maximum atomic E-state index is 6.00. The molecule has 7 heteroatoms. The minimum atomic E-state index is 0.180. The van der Waals surface area contributed by atoms with Crippen LogP contribution in [0.1, 0.15) is 6.42 Å². The van der Waals surface area contributed by atoms with Gasteiger partial charge in [-0.15, -0.1) is 0 Å². The van der Waals surface area contributed by atoms with E-state index in [4.69, 9.17) is 10.3 Å². The van der Waals surface area contributed by atoms with Crippen LogP contribution in [0.15, 0.2) is 47.4 Å². The van der Waals surface area contributed by atoms with Gasteiger partial charge in [-0.3, -0.25) is 4.98 Å². The summed E-state index contributed by atoms with van der Waals surface area (Å²) in [7, 11) is 0. The number of pyridine rings is 2. The fourth-order valence-corrected chi connectivity index (χ4v) is 2.75. The lowest BCUT2D eigenvalue weighted by molar-refractivity contribution is 0.432. The number of hydrogen-bond donors (Lipinski definition) is 1. The maximum Gasteiger partial charge on any atom is 0.261 e. The number of rotatable bonds is 3. The summed E-state index contributed by atoms with van der Waals surface area (Å²) in [5.74, 6) is 1.83. The minimum absolute atomic E-state index is 0.180. The van der Waals surface area contributed by atoms with Gasteiger partial charge in [-0.25, -0.2) is 4.98 Å². The Hall–Kier alpha value is -2.80. The minimum Gasteiger partial charge on any atom is -0.354 e. The molecular weight excluding hydrogens is 292 g/mol. The van der Waals surface area contributed by atoms with Crippen molar-refractivity contribution in [2.24, 2.45) is 5.73 Å². The van der Waals surface area contributed by atoms with Crippen LogP contribution in [0.3, 0.4) is 0 Å². The summed E-state index contributed by atoms with van der Waals surface area (Å²) in [6.07, 6.45) is 6.13. The van der Waals surface area contributed by atoms with E-state index in [1.165, 1.54) is 0 Å². The van der Waals surface area contributed by atoms with Gasteiger partial charge in [0.1, 0.15) is 5.82 Å². The van der Waals surface area contributed by atoms with Gasteiger partial charge in [0.15, 0.2) is 0 Å². The lowest BCUT2D eigenvalue weighted by atomic mass is 10.2. The lowest BCUT2D eigenvalue weighted by Crippen LogP contribution is -2.27. The zero-order valence-electron chi connectivity index (χ0n) is 12.5. The Labute approximate surface area is 133 Å². The van der Waals surface area contributed by atoms with Gasteiger partial charge >= 0.3 is 0 Å². The van der Waals surface area contributed by atoms with Crippen LogP contribution in [0, 0.1) is 0 Å². The van der Waals surface area contributed by atoms with Gasteiger partial charge in [0.05, 0.1) is 5.56 Å². The molecule has 0 amide bonds. The molecule has 1 fully saturated rings. The molecule has 7 nitrogen and oxygen atoms in total. The second-order valence-corrected chi connectivity index (χ2v) is 5.53. The topological polar surface area (TPSA) is 94.0 Å². The molecule has 0 saturated carbocycles. The van der Waals surface area contributed by atoms with Gasteiger partial charge in [0.25, 0.3) is 5.89 Å². The van der Waals surface area contributed by atoms with Crippen molar-refractivity contribution in [2.45, 2.75) is 12.5 Å². The number of hydrogen-bond acceptors (Lipinski definition) is 7. The number of anilines is 1. The van der Waals surface area contributed by atoms with Crippen LogP contribution in [0.4, 0.5) is 5.82 Å². The second-order valence-electron chi connectivity index (χ2n) is 5.53. The highest BCUT2D eigenvalue weighted by molar-refractivity contribution is 5.71. The van der Waals surface area contributed by atoms with Gasteiger partial charge in [-0.05, 0) is 30.7 Å². The number of nitrogens with two attached hydrogens (primary N) is 1. The van der Waals surface area contributed by atoms with Crippen molar-refractivity contribution < 1.29 is 4.52 Å². The SMILES string of the molecule is NC1CCN(c2ncccc2-c2nc(-c3ccncc3)no2)C1. The molecule has 1 aliphatic rings. The first-order chi connectivity index (χ1) is 11.3. The average Bonchev–Trinajstić information content (AvgIpc) is 3.25. The van der Waals surface area contributed by atoms with Crippen LogP contribution >= 0.6 is 0 Å². The Morgan fingerprint density at radius 2 is 2.04 bits per heavy atom. The molecule has 3 aromatic heterocycles.